The summed E-state index contributed by atoms with van der Waals surface area (Å²) in [6.45, 7) is 0.480. The summed E-state index contributed by atoms with van der Waals surface area (Å²) < 4.78 is 4.85. The highest BCUT2D eigenvalue weighted by atomic mass is 35.5. The van der Waals surface area contributed by atoms with Crippen LogP contribution in [0.3, 0.4) is 0 Å². The normalized spacial score (nSPS) is 17.0. The molecule has 2 aromatic rings. The number of urea groups is 1. The summed E-state index contributed by atoms with van der Waals surface area (Å²) in [5.41, 5.74) is 2.56. The third-order valence-corrected chi connectivity index (χ3v) is 5.77. The number of H-pyrrole nitrogens is 1. The van der Waals surface area contributed by atoms with Gasteiger partial charge in [-0.3, -0.25) is 0 Å². The van der Waals surface area contributed by atoms with Crippen LogP contribution in [0.25, 0.3) is 0 Å². The van der Waals surface area contributed by atoms with Crippen molar-refractivity contribution < 1.29 is 14.3 Å². The van der Waals surface area contributed by atoms with Gasteiger partial charge in [-0.1, -0.05) is 29.8 Å². The van der Waals surface area contributed by atoms with Crippen molar-refractivity contribution in [1.29, 1.82) is 0 Å². The summed E-state index contributed by atoms with van der Waals surface area (Å²) in [6.07, 6.45) is 4.73. The molecule has 0 bridgehead atoms. The number of carbonyl (C=O) groups excluding carboxylic acids is 2. The highest BCUT2D eigenvalue weighted by Crippen LogP contribution is 2.36. The molecule has 0 saturated carbocycles. The van der Waals surface area contributed by atoms with E-state index in [0.29, 0.717) is 24.4 Å². The van der Waals surface area contributed by atoms with Crippen LogP contribution in [-0.2, 0) is 16.0 Å². The van der Waals surface area contributed by atoms with Gasteiger partial charge < -0.3 is 19.9 Å². The average molecular weight is 423 g/mol. The van der Waals surface area contributed by atoms with E-state index in [4.69, 9.17) is 16.3 Å². The number of fused-ring (bicyclic) bond motifs is 1. The molecular formula is C19H23ClN4O3S. The number of amides is 2. The number of nitrogens with one attached hydrogen (secondary N) is 2. The van der Waals surface area contributed by atoms with Crippen LogP contribution in [0.5, 0.6) is 0 Å². The van der Waals surface area contributed by atoms with E-state index >= 15 is 0 Å². The molecule has 0 radical (unpaired) electrons. The minimum absolute atomic E-state index is 0.338. The van der Waals surface area contributed by atoms with Gasteiger partial charge in [0.05, 0.1) is 19.1 Å². The number of methoxy groups -OCH3 is 1. The maximum Gasteiger partial charge on any atom is 0.328 e. The number of rotatable bonds is 6. The quantitative estimate of drug-likeness (QED) is 0.699. The number of hydrogen-bond donors (Lipinski definition) is 2. The zero-order chi connectivity index (χ0) is 20.1. The van der Waals surface area contributed by atoms with E-state index in [-0.39, 0.29) is 6.03 Å². The second kappa shape index (κ2) is 9.34. The van der Waals surface area contributed by atoms with Gasteiger partial charge in [0, 0.05) is 23.7 Å². The molecular weight excluding hydrogens is 400 g/mol. The Bertz CT molecular complexity index is 844. The van der Waals surface area contributed by atoms with Crippen molar-refractivity contribution in [2.24, 2.45) is 0 Å². The van der Waals surface area contributed by atoms with Crippen LogP contribution in [0.4, 0.5) is 4.79 Å². The fraction of sp³-hybridized carbons (Fsp3) is 0.421. The van der Waals surface area contributed by atoms with Crippen molar-refractivity contribution in [2.75, 3.05) is 25.7 Å². The van der Waals surface area contributed by atoms with Crippen LogP contribution in [-0.4, -0.2) is 58.6 Å². The molecule has 2 heterocycles. The smallest absolute Gasteiger partial charge is 0.328 e. The molecule has 2 N–H and O–H groups in total. The first-order valence-electron chi connectivity index (χ1n) is 8.97. The van der Waals surface area contributed by atoms with Crippen LogP contribution < -0.4 is 5.32 Å². The topological polar surface area (TPSA) is 87.3 Å². The monoisotopic (exact) mass is 422 g/mol. The van der Waals surface area contributed by atoms with Crippen LogP contribution in [0.15, 0.2) is 30.6 Å². The van der Waals surface area contributed by atoms with Crippen LogP contribution in [0.2, 0.25) is 5.02 Å². The van der Waals surface area contributed by atoms with Crippen molar-refractivity contribution in [3.05, 3.63) is 52.6 Å². The number of nitrogens with zero attached hydrogens (tertiary/aromatic N) is 2. The molecule has 1 aromatic heterocycles. The molecule has 2 amide bonds. The van der Waals surface area contributed by atoms with Crippen molar-refractivity contribution in [2.45, 2.75) is 24.9 Å². The van der Waals surface area contributed by atoms with Gasteiger partial charge >= 0.3 is 12.0 Å². The maximum atomic E-state index is 13.1. The minimum Gasteiger partial charge on any atom is -0.467 e. The van der Waals surface area contributed by atoms with Gasteiger partial charge in [-0.15, -0.1) is 0 Å². The highest BCUT2D eigenvalue weighted by Gasteiger charge is 2.36. The van der Waals surface area contributed by atoms with Crippen molar-refractivity contribution in [3.8, 4) is 0 Å². The summed E-state index contributed by atoms with van der Waals surface area (Å²) in [4.78, 5) is 34.5. The van der Waals surface area contributed by atoms with Gasteiger partial charge in [-0.05, 0) is 30.1 Å². The number of ether oxygens (including phenoxy) is 1. The van der Waals surface area contributed by atoms with E-state index in [1.54, 1.807) is 29.1 Å². The number of thioether (sulfide) groups is 1. The van der Waals surface area contributed by atoms with E-state index in [1.165, 1.54) is 7.11 Å². The molecule has 1 aromatic carbocycles. The Kier molecular flexibility index (Phi) is 6.85. The Balaban J connectivity index is 1.89. The Labute approximate surface area is 173 Å². The Hall–Kier alpha value is -2.19. The number of hydrogen-bond acceptors (Lipinski definition) is 5. The van der Waals surface area contributed by atoms with E-state index < -0.39 is 18.1 Å². The van der Waals surface area contributed by atoms with Crippen molar-refractivity contribution >= 4 is 35.4 Å². The summed E-state index contributed by atoms with van der Waals surface area (Å²) in [7, 11) is 1.32. The zero-order valence-corrected chi connectivity index (χ0v) is 17.3. The van der Waals surface area contributed by atoms with Crippen LogP contribution in [0, 0.1) is 0 Å². The molecule has 9 heteroatoms. The lowest BCUT2D eigenvalue weighted by Gasteiger charge is -2.36. The fourth-order valence-corrected chi connectivity index (χ4v) is 4.08. The maximum absolute atomic E-state index is 13.1. The van der Waals surface area contributed by atoms with E-state index in [2.05, 4.69) is 15.3 Å². The SMILES string of the molecule is COC(=O)[C@H](CCSC)NC(=O)N1CCc2[nH]cnc2[C@@H]1c1ccccc1Cl. The Morgan fingerprint density at radius 2 is 2.25 bits per heavy atom. The minimum atomic E-state index is -0.697. The number of imidazole rings is 1. The number of carbonyl (C=O) groups is 2. The molecule has 2 atom stereocenters. The van der Waals surface area contributed by atoms with E-state index in [1.807, 2.05) is 24.5 Å². The van der Waals surface area contributed by atoms with Gasteiger partial charge in [0.1, 0.15) is 12.1 Å². The molecule has 0 saturated heterocycles. The molecule has 28 heavy (non-hydrogen) atoms. The first kappa shape index (κ1) is 20.5. The Morgan fingerprint density at radius 1 is 1.46 bits per heavy atom. The lowest BCUT2D eigenvalue weighted by atomic mass is 9.96. The fourth-order valence-electron chi connectivity index (χ4n) is 3.37. The Morgan fingerprint density at radius 3 is 2.96 bits per heavy atom. The molecule has 0 spiro atoms. The van der Waals surface area contributed by atoms with Gasteiger partial charge in [-0.2, -0.15) is 11.8 Å². The summed E-state index contributed by atoms with van der Waals surface area (Å²) in [5, 5.41) is 3.40. The van der Waals surface area contributed by atoms with Gasteiger partial charge in [0.15, 0.2) is 0 Å². The molecule has 0 fully saturated rings. The number of aromatic amines is 1. The van der Waals surface area contributed by atoms with Crippen LogP contribution >= 0.6 is 23.4 Å². The molecule has 7 nitrogen and oxygen atoms in total. The summed E-state index contributed by atoms with van der Waals surface area (Å²) in [5.74, 6) is 0.284. The predicted octanol–water partition coefficient (Wildman–Crippen LogP) is 3.01. The van der Waals surface area contributed by atoms with Gasteiger partial charge in [-0.25, -0.2) is 14.6 Å². The molecule has 3 rings (SSSR count). The van der Waals surface area contributed by atoms with Crippen LogP contribution in [0.1, 0.15) is 29.4 Å². The second-order valence-electron chi connectivity index (χ2n) is 6.44. The number of aromatic nitrogens is 2. The standard InChI is InChI=1S/C19H23ClN4O3S/c1-27-18(25)15(8-10-28-2)23-19(26)24-9-7-14-16(22-11-21-14)17(24)12-5-3-4-6-13(12)20/h3-6,11,15,17H,7-10H2,1-2H3,(H,21,22)(H,23,26)/t15-,17-/m0/s1. The molecule has 0 aliphatic carbocycles. The lowest BCUT2D eigenvalue weighted by molar-refractivity contribution is -0.142. The molecule has 1 aliphatic heterocycles. The first-order chi connectivity index (χ1) is 13.6. The van der Waals surface area contributed by atoms with E-state index in [9.17, 15) is 9.59 Å². The van der Waals surface area contributed by atoms with Gasteiger partial charge in [0.2, 0.25) is 0 Å². The number of esters is 1. The average Bonchev–Trinajstić information content (AvgIpc) is 3.19. The van der Waals surface area contributed by atoms with Gasteiger partial charge in [0.25, 0.3) is 0 Å². The molecule has 0 unspecified atom stereocenters. The molecule has 1 aliphatic rings. The molecule has 150 valence electrons. The summed E-state index contributed by atoms with van der Waals surface area (Å²) in [6, 6.07) is 5.95. The second-order valence-corrected chi connectivity index (χ2v) is 7.83. The van der Waals surface area contributed by atoms with E-state index in [0.717, 1.165) is 22.7 Å². The van der Waals surface area contributed by atoms with Crippen molar-refractivity contribution in [1.82, 2.24) is 20.2 Å². The zero-order valence-electron chi connectivity index (χ0n) is 15.8. The summed E-state index contributed by atoms with van der Waals surface area (Å²) >= 11 is 8.04. The number of benzene rings is 1. The third-order valence-electron chi connectivity index (χ3n) is 4.78. The third kappa shape index (κ3) is 4.28. The lowest BCUT2D eigenvalue weighted by Crippen LogP contribution is -2.51. The highest BCUT2D eigenvalue weighted by molar-refractivity contribution is 7.98. The first-order valence-corrected chi connectivity index (χ1v) is 10.7. The van der Waals surface area contributed by atoms with Crippen molar-refractivity contribution in [3.63, 3.8) is 0 Å². The number of halogens is 1. The predicted molar refractivity (Wildman–Crippen MR) is 110 cm³/mol. The largest absolute Gasteiger partial charge is 0.467 e.